The van der Waals surface area contributed by atoms with E-state index in [2.05, 4.69) is 52.7 Å². The van der Waals surface area contributed by atoms with Gasteiger partial charge < -0.3 is 9.80 Å². The number of rotatable bonds is 4. The lowest BCUT2D eigenvalue weighted by atomic mass is 9.96. The Morgan fingerprint density at radius 1 is 1.00 bits per heavy atom. The number of halogens is 1. The van der Waals surface area contributed by atoms with Crippen LogP contribution in [0, 0.1) is 0 Å². The van der Waals surface area contributed by atoms with E-state index >= 15 is 0 Å². The van der Waals surface area contributed by atoms with Crippen LogP contribution in [0.15, 0.2) is 42.5 Å². The van der Waals surface area contributed by atoms with Gasteiger partial charge in [-0.2, -0.15) is 10.5 Å². The molecular formula is C19H23ClN4O. The molecule has 132 valence electrons. The predicted molar refractivity (Wildman–Crippen MR) is 101 cm³/mol. The molecule has 0 aromatic heterocycles. The standard InChI is InChI=1S/C19H23ClN4O/c1-22-8-10-23(11-9-22)25-21-14-24-18-5-3-2-4-15(18)12-16-6-7-17(20)13-19(16)24/h2-7,13,21H,8-12,14H2,1H3. The summed E-state index contributed by atoms with van der Waals surface area (Å²) in [5.41, 5.74) is 8.07. The minimum Gasteiger partial charge on any atom is -0.325 e. The Hall–Kier alpha value is -1.63. The number of hydroxylamine groups is 3. The molecule has 0 unspecified atom stereocenters. The maximum Gasteiger partial charge on any atom is 0.0983 e. The van der Waals surface area contributed by atoms with Gasteiger partial charge in [-0.05, 0) is 36.4 Å². The second-order valence-corrected chi connectivity index (χ2v) is 7.07. The lowest BCUT2D eigenvalue weighted by molar-refractivity contribution is -0.221. The van der Waals surface area contributed by atoms with Gasteiger partial charge in [0.1, 0.15) is 0 Å². The molecule has 25 heavy (non-hydrogen) atoms. The monoisotopic (exact) mass is 358 g/mol. The van der Waals surface area contributed by atoms with Crippen LogP contribution in [0.5, 0.6) is 0 Å². The van der Waals surface area contributed by atoms with Gasteiger partial charge in [-0.3, -0.25) is 0 Å². The van der Waals surface area contributed by atoms with Crippen LogP contribution in [0.2, 0.25) is 5.02 Å². The van der Waals surface area contributed by atoms with Crippen LogP contribution in [0.4, 0.5) is 11.4 Å². The van der Waals surface area contributed by atoms with E-state index in [9.17, 15) is 0 Å². The van der Waals surface area contributed by atoms with E-state index in [4.69, 9.17) is 16.5 Å². The highest BCUT2D eigenvalue weighted by Crippen LogP contribution is 2.39. The van der Waals surface area contributed by atoms with Gasteiger partial charge in [-0.1, -0.05) is 35.9 Å². The molecule has 0 bridgehead atoms. The van der Waals surface area contributed by atoms with Crippen LogP contribution in [-0.2, 0) is 11.4 Å². The maximum atomic E-state index is 6.25. The molecule has 0 amide bonds. The summed E-state index contributed by atoms with van der Waals surface area (Å²) >= 11 is 6.25. The van der Waals surface area contributed by atoms with E-state index < -0.39 is 0 Å². The fourth-order valence-electron chi connectivity index (χ4n) is 3.43. The molecular weight excluding hydrogens is 336 g/mol. The van der Waals surface area contributed by atoms with Gasteiger partial charge in [-0.25, -0.2) is 4.94 Å². The highest BCUT2D eigenvalue weighted by Gasteiger charge is 2.23. The molecule has 2 aromatic carbocycles. The average Bonchev–Trinajstić information content (AvgIpc) is 2.63. The number of fused-ring (bicyclic) bond motifs is 2. The van der Waals surface area contributed by atoms with Gasteiger partial charge in [0.25, 0.3) is 0 Å². The van der Waals surface area contributed by atoms with E-state index in [1.54, 1.807) is 0 Å². The Kier molecular flexibility index (Phi) is 4.92. The van der Waals surface area contributed by atoms with Crippen molar-refractivity contribution in [3.05, 3.63) is 58.6 Å². The smallest absolute Gasteiger partial charge is 0.0983 e. The summed E-state index contributed by atoms with van der Waals surface area (Å²) < 4.78 is 0. The van der Waals surface area contributed by atoms with Gasteiger partial charge in [0.2, 0.25) is 0 Å². The normalized spacial score (nSPS) is 18.1. The number of likely N-dealkylation sites (N-methyl/N-ethyl adjacent to an activating group) is 1. The van der Waals surface area contributed by atoms with Gasteiger partial charge in [-0.15, -0.1) is 0 Å². The molecule has 2 heterocycles. The van der Waals surface area contributed by atoms with Crippen molar-refractivity contribution >= 4 is 23.0 Å². The SMILES string of the molecule is CN1CCN(ONCN2c3ccccc3Cc3ccc(Cl)cc32)CC1. The van der Waals surface area contributed by atoms with Crippen molar-refractivity contribution in [3.8, 4) is 0 Å². The molecule has 2 aliphatic rings. The summed E-state index contributed by atoms with van der Waals surface area (Å²) in [6.45, 7) is 4.42. The van der Waals surface area contributed by atoms with E-state index in [1.807, 2.05) is 17.2 Å². The fraction of sp³-hybridized carbons (Fsp3) is 0.368. The Balaban J connectivity index is 1.49. The number of nitrogens with zero attached hydrogens (tertiary/aromatic N) is 3. The average molecular weight is 359 g/mol. The van der Waals surface area contributed by atoms with Gasteiger partial charge in [0.15, 0.2) is 0 Å². The first-order chi connectivity index (χ1) is 12.2. The van der Waals surface area contributed by atoms with Gasteiger partial charge in [0.05, 0.1) is 6.67 Å². The third-order valence-corrected chi connectivity index (χ3v) is 5.12. The van der Waals surface area contributed by atoms with Gasteiger partial charge in [0, 0.05) is 49.0 Å². The quantitative estimate of drug-likeness (QED) is 0.849. The summed E-state index contributed by atoms with van der Waals surface area (Å²) in [5, 5.41) is 2.73. The van der Waals surface area contributed by atoms with E-state index in [1.165, 1.54) is 16.8 Å². The predicted octanol–water partition coefficient (Wildman–Crippen LogP) is 3.02. The van der Waals surface area contributed by atoms with E-state index in [-0.39, 0.29) is 0 Å². The minimum absolute atomic E-state index is 0.566. The number of hydrogen-bond donors (Lipinski definition) is 1. The molecule has 1 fully saturated rings. The van der Waals surface area contributed by atoms with Crippen molar-refractivity contribution in [1.29, 1.82) is 0 Å². The topological polar surface area (TPSA) is 31.0 Å². The van der Waals surface area contributed by atoms with Crippen LogP contribution in [0.25, 0.3) is 0 Å². The lowest BCUT2D eigenvalue weighted by Gasteiger charge is -2.35. The molecule has 1 saturated heterocycles. The Morgan fingerprint density at radius 3 is 2.60 bits per heavy atom. The number of benzene rings is 2. The van der Waals surface area contributed by atoms with Crippen LogP contribution in [0.3, 0.4) is 0 Å². The molecule has 2 aliphatic heterocycles. The first-order valence-electron chi connectivity index (χ1n) is 8.68. The summed E-state index contributed by atoms with van der Waals surface area (Å²) in [4.78, 5) is 10.3. The second kappa shape index (κ2) is 7.32. The Labute approximate surface area is 153 Å². The van der Waals surface area contributed by atoms with Crippen molar-refractivity contribution in [1.82, 2.24) is 15.4 Å². The van der Waals surface area contributed by atoms with Crippen molar-refractivity contribution in [3.63, 3.8) is 0 Å². The molecule has 6 heteroatoms. The van der Waals surface area contributed by atoms with Gasteiger partial charge >= 0.3 is 0 Å². The van der Waals surface area contributed by atoms with E-state index in [0.717, 1.165) is 43.3 Å². The molecule has 0 spiro atoms. The first-order valence-corrected chi connectivity index (χ1v) is 9.06. The molecule has 2 aromatic rings. The van der Waals surface area contributed by atoms with Crippen LogP contribution in [0.1, 0.15) is 11.1 Å². The largest absolute Gasteiger partial charge is 0.325 e. The number of anilines is 2. The van der Waals surface area contributed by atoms with E-state index in [0.29, 0.717) is 6.67 Å². The van der Waals surface area contributed by atoms with Crippen molar-refractivity contribution in [2.24, 2.45) is 0 Å². The summed E-state index contributed by atoms with van der Waals surface area (Å²) in [5.74, 6) is 0. The summed E-state index contributed by atoms with van der Waals surface area (Å²) in [7, 11) is 2.14. The molecule has 0 radical (unpaired) electrons. The lowest BCUT2D eigenvalue weighted by Crippen LogP contribution is -2.47. The van der Waals surface area contributed by atoms with Crippen LogP contribution in [-0.4, -0.2) is 49.9 Å². The first kappa shape index (κ1) is 16.8. The third-order valence-electron chi connectivity index (χ3n) is 4.88. The zero-order chi connectivity index (χ0) is 17.2. The van der Waals surface area contributed by atoms with Crippen molar-refractivity contribution < 1.29 is 4.94 Å². The van der Waals surface area contributed by atoms with Crippen LogP contribution < -0.4 is 10.4 Å². The van der Waals surface area contributed by atoms with Crippen molar-refractivity contribution in [2.75, 3.05) is 44.8 Å². The molecule has 1 N–H and O–H groups in total. The number of piperazine rings is 1. The minimum atomic E-state index is 0.566. The second-order valence-electron chi connectivity index (χ2n) is 6.63. The third kappa shape index (κ3) is 3.66. The molecule has 0 aliphatic carbocycles. The Bertz CT molecular complexity index is 746. The zero-order valence-corrected chi connectivity index (χ0v) is 15.2. The molecule has 5 nitrogen and oxygen atoms in total. The zero-order valence-electron chi connectivity index (χ0n) is 14.4. The highest BCUT2D eigenvalue weighted by atomic mass is 35.5. The number of nitrogens with one attached hydrogen (secondary N) is 1. The maximum absolute atomic E-state index is 6.25. The summed E-state index contributed by atoms with van der Waals surface area (Å²) in [6, 6.07) is 14.6. The number of para-hydroxylation sites is 1. The molecule has 0 saturated carbocycles. The molecule has 4 rings (SSSR count). The molecule has 0 atom stereocenters. The fourth-order valence-corrected chi connectivity index (χ4v) is 3.60. The number of hydrogen-bond acceptors (Lipinski definition) is 5. The highest BCUT2D eigenvalue weighted by molar-refractivity contribution is 6.30. The Morgan fingerprint density at radius 2 is 1.76 bits per heavy atom. The van der Waals surface area contributed by atoms with Crippen LogP contribution >= 0.6 is 11.6 Å². The summed E-state index contributed by atoms with van der Waals surface area (Å²) in [6.07, 6.45) is 0.929. The van der Waals surface area contributed by atoms with Crippen molar-refractivity contribution in [2.45, 2.75) is 6.42 Å².